The van der Waals surface area contributed by atoms with Crippen molar-refractivity contribution in [2.75, 3.05) is 6.61 Å². The van der Waals surface area contributed by atoms with Crippen LogP contribution in [0.4, 0.5) is 0 Å². The summed E-state index contributed by atoms with van der Waals surface area (Å²) in [5, 5.41) is 0. The summed E-state index contributed by atoms with van der Waals surface area (Å²) in [5.74, 6) is 0.492. The second-order valence-electron chi connectivity index (χ2n) is 4.67. The van der Waals surface area contributed by atoms with Gasteiger partial charge in [-0.25, -0.2) is 0 Å². The predicted octanol–water partition coefficient (Wildman–Crippen LogP) is 2.14. The maximum Gasteiger partial charge on any atom is 0.309 e. The molecule has 0 spiro atoms. The molecule has 1 aliphatic carbocycles. The Hall–Kier alpha value is -0.570. The molecule has 0 N–H and O–H groups in total. The van der Waals surface area contributed by atoms with Crippen molar-refractivity contribution in [3.8, 4) is 0 Å². The molecule has 4 atom stereocenters. The van der Waals surface area contributed by atoms with Crippen molar-refractivity contribution in [1.29, 1.82) is 0 Å². The molecule has 1 heterocycles. The van der Waals surface area contributed by atoms with E-state index in [2.05, 4.69) is 6.92 Å². The molecule has 0 bridgehead atoms. The zero-order chi connectivity index (χ0) is 10.8. The number of hydrogen-bond acceptors (Lipinski definition) is 3. The second-order valence-corrected chi connectivity index (χ2v) is 4.67. The molecule has 2 aliphatic rings. The zero-order valence-electron chi connectivity index (χ0n) is 9.57. The van der Waals surface area contributed by atoms with Crippen LogP contribution in [-0.4, -0.2) is 24.8 Å². The van der Waals surface area contributed by atoms with Crippen molar-refractivity contribution in [2.45, 2.75) is 51.7 Å². The van der Waals surface area contributed by atoms with Gasteiger partial charge in [-0.3, -0.25) is 4.79 Å². The van der Waals surface area contributed by atoms with Crippen LogP contribution < -0.4 is 0 Å². The molecule has 1 saturated heterocycles. The Morgan fingerprint density at radius 1 is 1.47 bits per heavy atom. The summed E-state index contributed by atoms with van der Waals surface area (Å²) < 4.78 is 10.9. The largest absolute Gasteiger partial charge is 0.466 e. The molecule has 2 fully saturated rings. The molecule has 0 amide bonds. The van der Waals surface area contributed by atoms with Crippen LogP contribution in [0, 0.1) is 11.8 Å². The molecule has 4 unspecified atom stereocenters. The lowest BCUT2D eigenvalue weighted by Crippen LogP contribution is -2.35. The molecular weight excluding hydrogens is 192 g/mol. The third kappa shape index (κ3) is 2.17. The molecule has 86 valence electrons. The third-order valence-corrected chi connectivity index (χ3v) is 3.60. The molecular formula is C12H20O3. The van der Waals surface area contributed by atoms with Crippen molar-refractivity contribution in [2.24, 2.45) is 11.8 Å². The smallest absolute Gasteiger partial charge is 0.309 e. The van der Waals surface area contributed by atoms with Crippen LogP contribution in [0.25, 0.3) is 0 Å². The van der Waals surface area contributed by atoms with Gasteiger partial charge < -0.3 is 9.47 Å². The van der Waals surface area contributed by atoms with E-state index < -0.39 is 0 Å². The number of hydrogen-bond donors (Lipinski definition) is 0. The van der Waals surface area contributed by atoms with Crippen LogP contribution >= 0.6 is 0 Å². The summed E-state index contributed by atoms with van der Waals surface area (Å²) in [5.41, 5.74) is 0. The first-order valence-corrected chi connectivity index (χ1v) is 6.04. The molecule has 0 aromatic carbocycles. The SMILES string of the molecule is CCOC(=O)C1CCCC2OC(C)CC21. The van der Waals surface area contributed by atoms with Gasteiger partial charge in [0.25, 0.3) is 0 Å². The maximum atomic E-state index is 11.8. The average Bonchev–Trinajstić information content (AvgIpc) is 2.57. The van der Waals surface area contributed by atoms with Gasteiger partial charge >= 0.3 is 5.97 Å². The van der Waals surface area contributed by atoms with E-state index in [1.807, 2.05) is 6.92 Å². The Bertz CT molecular complexity index is 239. The summed E-state index contributed by atoms with van der Waals surface area (Å²) in [6, 6.07) is 0. The first-order valence-electron chi connectivity index (χ1n) is 6.04. The first kappa shape index (κ1) is 10.9. The molecule has 2 rings (SSSR count). The van der Waals surface area contributed by atoms with E-state index in [0.717, 1.165) is 25.7 Å². The summed E-state index contributed by atoms with van der Waals surface area (Å²) in [6.07, 6.45) is 4.84. The number of fused-ring (bicyclic) bond motifs is 1. The van der Waals surface area contributed by atoms with Gasteiger partial charge in [0.2, 0.25) is 0 Å². The Kier molecular flexibility index (Phi) is 3.29. The van der Waals surface area contributed by atoms with E-state index in [0.29, 0.717) is 24.7 Å². The van der Waals surface area contributed by atoms with Crippen LogP contribution in [0.2, 0.25) is 0 Å². The number of esters is 1. The molecule has 0 radical (unpaired) electrons. The fourth-order valence-corrected chi connectivity index (χ4v) is 2.99. The van der Waals surface area contributed by atoms with Gasteiger partial charge in [0, 0.05) is 5.92 Å². The first-order chi connectivity index (χ1) is 7.22. The Balaban J connectivity index is 2.02. The van der Waals surface area contributed by atoms with E-state index in [1.165, 1.54) is 0 Å². The monoisotopic (exact) mass is 212 g/mol. The highest BCUT2D eigenvalue weighted by molar-refractivity contribution is 5.73. The van der Waals surface area contributed by atoms with Gasteiger partial charge in [0.15, 0.2) is 0 Å². The van der Waals surface area contributed by atoms with Gasteiger partial charge in [0.1, 0.15) is 0 Å². The quantitative estimate of drug-likeness (QED) is 0.658. The van der Waals surface area contributed by atoms with Crippen molar-refractivity contribution in [3.63, 3.8) is 0 Å². The Morgan fingerprint density at radius 3 is 3.00 bits per heavy atom. The minimum Gasteiger partial charge on any atom is -0.466 e. The summed E-state index contributed by atoms with van der Waals surface area (Å²) >= 11 is 0. The molecule has 1 aliphatic heterocycles. The Labute approximate surface area is 91.1 Å². The van der Waals surface area contributed by atoms with E-state index in [-0.39, 0.29) is 11.9 Å². The van der Waals surface area contributed by atoms with Gasteiger partial charge in [-0.05, 0) is 39.5 Å². The van der Waals surface area contributed by atoms with E-state index >= 15 is 0 Å². The lowest BCUT2D eigenvalue weighted by atomic mass is 9.76. The van der Waals surface area contributed by atoms with Crippen LogP contribution in [-0.2, 0) is 14.3 Å². The fraction of sp³-hybridized carbons (Fsp3) is 0.917. The number of carbonyl (C=O) groups excluding carboxylic acids is 1. The van der Waals surface area contributed by atoms with Crippen LogP contribution in [0.3, 0.4) is 0 Å². The van der Waals surface area contributed by atoms with Crippen molar-refractivity contribution < 1.29 is 14.3 Å². The molecule has 1 saturated carbocycles. The number of carbonyl (C=O) groups is 1. The highest BCUT2D eigenvalue weighted by atomic mass is 16.5. The van der Waals surface area contributed by atoms with Crippen LogP contribution in [0.5, 0.6) is 0 Å². The van der Waals surface area contributed by atoms with Gasteiger partial charge in [-0.2, -0.15) is 0 Å². The van der Waals surface area contributed by atoms with Crippen molar-refractivity contribution >= 4 is 5.97 Å². The molecule has 3 nitrogen and oxygen atoms in total. The van der Waals surface area contributed by atoms with Crippen LogP contribution in [0.1, 0.15) is 39.5 Å². The van der Waals surface area contributed by atoms with Crippen molar-refractivity contribution in [1.82, 2.24) is 0 Å². The average molecular weight is 212 g/mol. The topological polar surface area (TPSA) is 35.5 Å². The number of rotatable bonds is 2. The highest BCUT2D eigenvalue weighted by Gasteiger charge is 2.44. The molecule has 3 heteroatoms. The van der Waals surface area contributed by atoms with Crippen molar-refractivity contribution in [3.05, 3.63) is 0 Å². The van der Waals surface area contributed by atoms with Gasteiger partial charge in [0.05, 0.1) is 24.7 Å². The van der Waals surface area contributed by atoms with E-state index in [9.17, 15) is 4.79 Å². The molecule has 0 aromatic heterocycles. The van der Waals surface area contributed by atoms with Gasteiger partial charge in [-0.1, -0.05) is 0 Å². The minimum atomic E-state index is -0.00935. The summed E-state index contributed by atoms with van der Waals surface area (Å²) in [4.78, 5) is 11.8. The predicted molar refractivity (Wildman–Crippen MR) is 56.4 cm³/mol. The standard InChI is InChI=1S/C12H20O3/c1-3-14-12(13)9-5-4-6-11-10(9)7-8(2)15-11/h8-11H,3-7H2,1-2H3. The maximum absolute atomic E-state index is 11.8. The minimum absolute atomic E-state index is 0.00935. The summed E-state index contributed by atoms with van der Waals surface area (Å²) in [6.45, 7) is 4.45. The molecule has 15 heavy (non-hydrogen) atoms. The number of ether oxygens (including phenoxy) is 2. The third-order valence-electron chi connectivity index (χ3n) is 3.60. The van der Waals surface area contributed by atoms with Crippen LogP contribution in [0.15, 0.2) is 0 Å². The van der Waals surface area contributed by atoms with Gasteiger partial charge in [-0.15, -0.1) is 0 Å². The second kappa shape index (κ2) is 4.52. The van der Waals surface area contributed by atoms with E-state index in [4.69, 9.17) is 9.47 Å². The lowest BCUT2D eigenvalue weighted by Gasteiger charge is -2.30. The highest BCUT2D eigenvalue weighted by Crippen LogP contribution is 2.41. The Morgan fingerprint density at radius 2 is 2.27 bits per heavy atom. The zero-order valence-corrected chi connectivity index (χ0v) is 9.57. The molecule has 0 aromatic rings. The van der Waals surface area contributed by atoms with E-state index in [1.54, 1.807) is 0 Å². The normalized spacial score (nSPS) is 39.9. The summed E-state index contributed by atoms with van der Waals surface area (Å²) in [7, 11) is 0. The fourth-order valence-electron chi connectivity index (χ4n) is 2.99. The lowest BCUT2D eigenvalue weighted by molar-refractivity contribution is -0.152.